The summed E-state index contributed by atoms with van der Waals surface area (Å²) in [5.74, 6) is -13.6. The first-order valence-electron chi connectivity index (χ1n) is 10.7. The number of ether oxygens (including phenoxy) is 1. The zero-order valence-corrected chi connectivity index (χ0v) is 19.8. The van der Waals surface area contributed by atoms with Crippen LogP contribution in [0.2, 0.25) is 5.02 Å². The van der Waals surface area contributed by atoms with Crippen molar-refractivity contribution in [2.24, 2.45) is 0 Å². The molecule has 6 nitrogen and oxygen atoms in total. The van der Waals surface area contributed by atoms with Crippen molar-refractivity contribution < 1.29 is 36.3 Å². The molecule has 1 aromatic heterocycles. The summed E-state index contributed by atoms with van der Waals surface area (Å²) in [4.78, 5) is 24.1. The molecule has 0 spiro atoms. The third-order valence-corrected chi connectivity index (χ3v) is 5.35. The molecule has 0 aliphatic rings. The number of esters is 1. The summed E-state index contributed by atoms with van der Waals surface area (Å²) in [7, 11) is 0. The maximum absolute atomic E-state index is 13.7. The Balaban J connectivity index is 1.48. The Hall–Kier alpha value is -4.51. The molecule has 0 saturated heterocycles. The lowest BCUT2D eigenvalue weighted by Gasteiger charge is -2.09. The van der Waals surface area contributed by atoms with E-state index in [1.807, 2.05) is 30.3 Å². The molecule has 1 amide bonds. The van der Waals surface area contributed by atoms with Crippen LogP contribution in [-0.2, 0) is 14.3 Å². The van der Waals surface area contributed by atoms with Gasteiger partial charge in [-0.05, 0) is 30.3 Å². The van der Waals surface area contributed by atoms with Gasteiger partial charge in [-0.15, -0.1) is 0 Å². The molecule has 4 rings (SSSR count). The Morgan fingerprint density at radius 3 is 2.13 bits per heavy atom. The van der Waals surface area contributed by atoms with Crippen molar-refractivity contribution in [1.29, 1.82) is 0 Å². The van der Waals surface area contributed by atoms with Crippen LogP contribution in [0.1, 0.15) is 5.56 Å². The zero-order chi connectivity index (χ0) is 27.4. The Bertz CT molecular complexity index is 1510. The van der Waals surface area contributed by atoms with Crippen LogP contribution in [0, 0.1) is 29.1 Å². The lowest BCUT2D eigenvalue weighted by molar-refractivity contribution is -0.142. The first kappa shape index (κ1) is 26.6. The van der Waals surface area contributed by atoms with Crippen LogP contribution < -0.4 is 5.32 Å². The smallest absolute Gasteiger partial charge is 0.331 e. The van der Waals surface area contributed by atoms with Crippen molar-refractivity contribution in [2.75, 3.05) is 11.9 Å². The maximum atomic E-state index is 13.7. The monoisotopic (exact) mass is 547 g/mol. The minimum atomic E-state index is -2.37. The molecule has 0 radical (unpaired) electrons. The second kappa shape index (κ2) is 11.3. The number of benzene rings is 3. The van der Waals surface area contributed by atoms with Crippen molar-refractivity contribution in [3.8, 4) is 16.9 Å². The van der Waals surface area contributed by atoms with Crippen LogP contribution in [0.3, 0.4) is 0 Å². The number of hydrogen-bond acceptors (Lipinski definition) is 4. The highest BCUT2D eigenvalue weighted by Gasteiger charge is 2.27. The average Bonchev–Trinajstić information content (AvgIpc) is 3.36. The first-order chi connectivity index (χ1) is 18.2. The largest absolute Gasteiger partial charge is 0.452 e. The highest BCUT2D eigenvalue weighted by Crippen LogP contribution is 2.28. The predicted molar refractivity (Wildman–Crippen MR) is 129 cm³/mol. The second-order valence-corrected chi connectivity index (χ2v) is 8.09. The van der Waals surface area contributed by atoms with Crippen molar-refractivity contribution in [3.05, 3.63) is 107 Å². The number of halogens is 6. The molecule has 1 heterocycles. The van der Waals surface area contributed by atoms with Crippen molar-refractivity contribution in [2.45, 2.75) is 0 Å². The van der Waals surface area contributed by atoms with Gasteiger partial charge < -0.3 is 10.1 Å². The van der Waals surface area contributed by atoms with Crippen LogP contribution in [0.15, 0.2) is 66.9 Å². The molecule has 0 aliphatic carbocycles. The molecule has 0 aliphatic heterocycles. The van der Waals surface area contributed by atoms with Gasteiger partial charge in [0.2, 0.25) is 5.82 Å². The van der Waals surface area contributed by atoms with Crippen molar-refractivity contribution >= 4 is 35.2 Å². The van der Waals surface area contributed by atoms with Crippen LogP contribution in [-0.4, -0.2) is 28.3 Å². The molecule has 0 fully saturated rings. The quantitative estimate of drug-likeness (QED) is 0.1000. The average molecular weight is 548 g/mol. The van der Waals surface area contributed by atoms with Gasteiger partial charge in [-0.3, -0.25) is 4.79 Å². The summed E-state index contributed by atoms with van der Waals surface area (Å²) in [5.41, 5.74) is 0.880. The van der Waals surface area contributed by atoms with Crippen molar-refractivity contribution in [3.63, 3.8) is 0 Å². The van der Waals surface area contributed by atoms with Gasteiger partial charge in [0.15, 0.2) is 29.9 Å². The SMILES string of the molecule is O=C(COC(=O)C=Cc1cn(-c2ccccc2)nc1-c1ccc(Cl)cc1)Nc1c(F)c(F)c(F)c(F)c1F. The van der Waals surface area contributed by atoms with Crippen molar-refractivity contribution in [1.82, 2.24) is 9.78 Å². The highest BCUT2D eigenvalue weighted by molar-refractivity contribution is 6.30. The number of nitrogens with zero attached hydrogens (tertiary/aromatic N) is 2. The van der Waals surface area contributed by atoms with Gasteiger partial charge in [-0.25, -0.2) is 31.4 Å². The second-order valence-electron chi connectivity index (χ2n) is 7.65. The summed E-state index contributed by atoms with van der Waals surface area (Å²) >= 11 is 5.96. The molecule has 0 unspecified atom stereocenters. The van der Waals surface area contributed by atoms with E-state index in [1.165, 1.54) is 11.4 Å². The maximum Gasteiger partial charge on any atom is 0.331 e. The topological polar surface area (TPSA) is 73.2 Å². The van der Waals surface area contributed by atoms with E-state index >= 15 is 0 Å². The van der Waals surface area contributed by atoms with E-state index in [0.717, 1.165) is 11.8 Å². The highest BCUT2D eigenvalue weighted by atomic mass is 35.5. The Morgan fingerprint density at radius 1 is 0.895 bits per heavy atom. The van der Waals surface area contributed by atoms with E-state index in [2.05, 4.69) is 5.10 Å². The molecule has 38 heavy (non-hydrogen) atoms. The van der Waals surface area contributed by atoms with Gasteiger partial charge in [-0.2, -0.15) is 5.10 Å². The molecular formula is C26H15ClF5N3O3. The molecule has 0 atom stereocenters. The predicted octanol–water partition coefficient (Wildman–Crippen LogP) is 6.08. The Labute approximate surface area is 216 Å². The normalized spacial score (nSPS) is 11.1. The van der Waals surface area contributed by atoms with E-state index in [1.54, 1.807) is 35.1 Å². The molecule has 194 valence electrons. The fraction of sp³-hybridized carbons (Fsp3) is 0.0385. The minimum absolute atomic E-state index is 0.499. The summed E-state index contributed by atoms with van der Waals surface area (Å²) in [6.45, 7) is -1.06. The number of amides is 1. The standard InChI is InChI=1S/C26H15ClF5N3O3/c27-16-9-6-14(7-10-16)25-15(12-35(34-25)17-4-2-1-3-5-17)8-11-19(37)38-13-18(36)33-26-23(31)21(29)20(28)22(30)24(26)32/h1-12H,13H2,(H,33,36). The van der Waals surface area contributed by atoms with Crippen LogP contribution in [0.4, 0.5) is 27.6 Å². The summed E-state index contributed by atoms with van der Waals surface area (Å²) in [6.07, 6.45) is 4.01. The fourth-order valence-corrected chi connectivity index (χ4v) is 3.41. The number of anilines is 1. The number of carbonyl (C=O) groups excluding carboxylic acids is 2. The molecule has 3 aromatic carbocycles. The van der Waals surface area contributed by atoms with Gasteiger partial charge in [0.1, 0.15) is 5.69 Å². The molecule has 0 bridgehead atoms. The number of hydrogen-bond donors (Lipinski definition) is 1. The third-order valence-electron chi connectivity index (χ3n) is 5.10. The van der Waals surface area contributed by atoms with Gasteiger partial charge in [-0.1, -0.05) is 41.9 Å². The number of nitrogens with one attached hydrogen (secondary N) is 1. The zero-order valence-electron chi connectivity index (χ0n) is 19.0. The number of rotatable bonds is 7. The van der Waals surface area contributed by atoms with E-state index in [9.17, 15) is 31.5 Å². The van der Waals surface area contributed by atoms with Crippen LogP contribution in [0.5, 0.6) is 0 Å². The van der Waals surface area contributed by atoms with Crippen LogP contribution >= 0.6 is 11.6 Å². The lowest BCUT2D eigenvalue weighted by Crippen LogP contribution is -2.22. The number of aromatic nitrogens is 2. The minimum Gasteiger partial charge on any atom is -0.452 e. The molecule has 12 heteroatoms. The summed E-state index contributed by atoms with van der Waals surface area (Å²) < 4.78 is 73.5. The fourth-order valence-electron chi connectivity index (χ4n) is 3.29. The number of para-hydroxylation sites is 1. The molecule has 1 N–H and O–H groups in total. The van der Waals surface area contributed by atoms with Gasteiger partial charge in [0, 0.05) is 28.4 Å². The van der Waals surface area contributed by atoms with E-state index in [-0.39, 0.29) is 0 Å². The van der Waals surface area contributed by atoms with Gasteiger partial charge in [0.25, 0.3) is 5.91 Å². The first-order valence-corrected chi connectivity index (χ1v) is 11.1. The molecule has 0 saturated carbocycles. The van der Waals surface area contributed by atoms with Crippen LogP contribution in [0.25, 0.3) is 23.0 Å². The van der Waals surface area contributed by atoms with E-state index < -0.39 is 53.3 Å². The van der Waals surface area contributed by atoms with E-state index in [4.69, 9.17) is 16.3 Å². The van der Waals surface area contributed by atoms with Gasteiger partial charge in [0.05, 0.1) is 11.4 Å². The lowest BCUT2D eigenvalue weighted by atomic mass is 10.1. The van der Waals surface area contributed by atoms with Gasteiger partial charge >= 0.3 is 5.97 Å². The summed E-state index contributed by atoms with van der Waals surface area (Å²) in [5, 5.41) is 6.59. The van der Waals surface area contributed by atoms with E-state index in [0.29, 0.717) is 21.8 Å². The number of carbonyl (C=O) groups is 2. The molecule has 4 aromatic rings. The summed E-state index contributed by atoms with van der Waals surface area (Å²) in [6, 6.07) is 15.9. The third kappa shape index (κ3) is 5.73. The Morgan fingerprint density at radius 2 is 1.50 bits per heavy atom. The molecular weight excluding hydrogens is 533 g/mol. The Kier molecular flexibility index (Phi) is 7.87.